The Bertz CT molecular complexity index is 707. The van der Waals surface area contributed by atoms with E-state index >= 15 is 0 Å². The lowest BCUT2D eigenvalue weighted by Crippen LogP contribution is -2.46. The number of fused-ring (bicyclic) bond motifs is 1. The highest BCUT2D eigenvalue weighted by molar-refractivity contribution is 7.21. The van der Waals surface area contributed by atoms with Crippen LogP contribution in [-0.4, -0.2) is 36.4 Å². The van der Waals surface area contributed by atoms with Gasteiger partial charge in [0.2, 0.25) is 0 Å². The zero-order valence-corrected chi connectivity index (χ0v) is 13.1. The highest BCUT2D eigenvalue weighted by Gasteiger charge is 2.30. The van der Waals surface area contributed by atoms with Crippen LogP contribution in [0.15, 0.2) is 18.2 Å². The van der Waals surface area contributed by atoms with Crippen molar-refractivity contribution in [3.05, 3.63) is 34.5 Å². The minimum absolute atomic E-state index is 0.186. The SMILES string of the molecule is Cc1c(C(=O)NCC2(O)CCOCC2)sc2cccc(F)c12. The summed E-state index contributed by atoms with van der Waals surface area (Å²) in [6, 6.07) is 4.84. The number of rotatable bonds is 3. The largest absolute Gasteiger partial charge is 0.388 e. The van der Waals surface area contributed by atoms with Crippen molar-refractivity contribution in [3.8, 4) is 0 Å². The smallest absolute Gasteiger partial charge is 0.261 e. The average molecular weight is 323 g/mol. The molecule has 1 aliphatic rings. The fourth-order valence-electron chi connectivity index (χ4n) is 2.72. The molecule has 1 aromatic heterocycles. The lowest BCUT2D eigenvalue weighted by Gasteiger charge is -2.32. The third kappa shape index (κ3) is 2.86. The second-order valence-corrected chi connectivity index (χ2v) is 6.74. The molecule has 2 aromatic rings. The number of thiophene rings is 1. The van der Waals surface area contributed by atoms with Gasteiger partial charge in [-0.1, -0.05) is 6.07 Å². The summed E-state index contributed by atoms with van der Waals surface area (Å²) in [4.78, 5) is 12.9. The maximum absolute atomic E-state index is 13.9. The van der Waals surface area contributed by atoms with Crippen molar-refractivity contribution in [2.24, 2.45) is 0 Å². The highest BCUT2D eigenvalue weighted by Crippen LogP contribution is 2.32. The summed E-state index contributed by atoms with van der Waals surface area (Å²) in [6.07, 6.45) is 1.01. The van der Waals surface area contributed by atoms with E-state index in [1.54, 1.807) is 19.1 Å². The maximum Gasteiger partial charge on any atom is 0.261 e. The summed E-state index contributed by atoms with van der Waals surface area (Å²) >= 11 is 1.27. The molecule has 3 rings (SSSR count). The molecule has 1 aliphatic heterocycles. The van der Waals surface area contributed by atoms with Crippen LogP contribution in [0.25, 0.3) is 10.1 Å². The number of aryl methyl sites for hydroxylation is 1. The first kappa shape index (κ1) is 15.4. The van der Waals surface area contributed by atoms with Gasteiger partial charge in [0.15, 0.2) is 0 Å². The first-order valence-corrected chi connectivity index (χ1v) is 8.08. The Balaban J connectivity index is 1.78. The zero-order valence-electron chi connectivity index (χ0n) is 12.3. The van der Waals surface area contributed by atoms with Gasteiger partial charge in [0.1, 0.15) is 5.82 Å². The lowest BCUT2D eigenvalue weighted by atomic mass is 9.94. The van der Waals surface area contributed by atoms with Crippen molar-refractivity contribution in [2.45, 2.75) is 25.4 Å². The Morgan fingerprint density at radius 3 is 2.86 bits per heavy atom. The fourth-order valence-corrected chi connectivity index (χ4v) is 3.86. The minimum Gasteiger partial charge on any atom is -0.388 e. The fraction of sp³-hybridized carbons (Fsp3) is 0.438. The second-order valence-electron chi connectivity index (χ2n) is 5.69. The minimum atomic E-state index is -0.913. The van der Waals surface area contributed by atoms with E-state index in [4.69, 9.17) is 4.74 Å². The molecule has 1 aromatic carbocycles. The number of benzene rings is 1. The van der Waals surface area contributed by atoms with Gasteiger partial charge in [-0.05, 0) is 24.6 Å². The van der Waals surface area contributed by atoms with E-state index in [0.29, 0.717) is 41.9 Å². The molecule has 0 bridgehead atoms. The van der Waals surface area contributed by atoms with Gasteiger partial charge in [0.25, 0.3) is 5.91 Å². The Kier molecular flexibility index (Phi) is 4.16. The number of hydrogen-bond acceptors (Lipinski definition) is 4. The van der Waals surface area contributed by atoms with Gasteiger partial charge < -0.3 is 15.2 Å². The summed E-state index contributed by atoms with van der Waals surface area (Å²) in [5.74, 6) is -0.577. The van der Waals surface area contributed by atoms with Crippen molar-refractivity contribution >= 4 is 27.3 Å². The van der Waals surface area contributed by atoms with Crippen LogP contribution in [0.3, 0.4) is 0 Å². The number of halogens is 1. The monoisotopic (exact) mass is 323 g/mol. The van der Waals surface area contributed by atoms with Crippen molar-refractivity contribution < 1.29 is 19.0 Å². The van der Waals surface area contributed by atoms with E-state index in [1.165, 1.54) is 17.4 Å². The topological polar surface area (TPSA) is 58.6 Å². The molecular formula is C16H18FNO3S. The molecule has 1 fully saturated rings. The molecule has 0 radical (unpaired) electrons. The number of nitrogens with one attached hydrogen (secondary N) is 1. The second kappa shape index (κ2) is 5.95. The molecule has 2 heterocycles. The molecule has 2 N–H and O–H groups in total. The van der Waals surface area contributed by atoms with Crippen LogP contribution >= 0.6 is 11.3 Å². The predicted octanol–water partition coefficient (Wildman–Crippen LogP) is 2.62. The highest BCUT2D eigenvalue weighted by atomic mass is 32.1. The van der Waals surface area contributed by atoms with Gasteiger partial charge in [-0.15, -0.1) is 11.3 Å². The van der Waals surface area contributed by atoms with Gasteiger partial charge in [0.05, 0.1) is 10.5 Å². The normalized spacial score (nSPS) is 17.6. The van der Waals surface area contributed by atoms with Crippen LogP contribution in [0.1, 0.15) is 28.1 Å². The van der Waals surface area contributed by atoms with E-state index in [9.17, 15) is 14.3 Å². The van der Waals surface area contributed by atoms with E-state index in [1.807, 2.05) is 0 Å². The third-order valence-electron chi connectivity index (χ3n) is 4.11. The lowest BCUT2D eigenvalue weighted by molar-refractivity contribution is -0.0605. The quantitative estimate of drug-likeness (QED) is 0.913. The molecule has 0 spiro atoms. The zero-order chi connectivity index (χ0) is 15.7. The molecule has 0 atom stereocenters. The molecule has 1 saturated heterocycles. The van der Waals surface area contributed by atoms with Gasteiger partial charge in [-0.3, -0.25) is 4.79 Å². The van der Waals surface area contributed by atoms with Crippen LogP contribution < -0.4 is 5.32 Å². The van der Waals surface area contributed by atoms with E-state index < -0.39 is 5.60 Å². The van der Waals surface area contributed by atoms with Crippen LogP contribution in [0.5, 0.6) is 0 Å². The maximum atomic E-state index is 13.9. The van der Waals surface area contributed by atoms with Gasteiger partial charge in [0, 0.05) is 42.7 Å². The Hall–Kier alpha value is -1.50. The first-order chi connectivity index (χ1) is 10.5. The van der Waals surface area contributed by atoms with Crippen LogP contribution in [-0.2, 0) is 4.74 Å². The molecule has 1 amide bonds. The van der Waals surface area contributed by atoms with Crippen LogP contribution in [0.2, 0.25) is 0 Å². The molecule has 0 saturated carbocycles. The number of aliphatic hydroxyl groups is 1. The summed E-state index contributed by atoms with van der Waals surface area (Å²) in [5.41, 5.74) is -0.265. The molecule has 0 aliphatic carbocycles. The molecule has 22 heavy (non-hydrogen) atoms. The van der Waals surface area contributed by atoms with Crippen LogP contribution in [0, 0.1) is 12.7 Å². The van der Waals surface area contributed by atoms with Crippen molar-refractivity contribution in [3.63, 3.8) is 0 Å². The standard InChI is InChI=1S/C16H18FNO3S/c1-10-13-11(17)3-2-4-12(13)22-14(10)15(19)18-9-16(20)5-7-21-8-6-16/h2-4,20H,5-9H2,1H3,(H,18,19). The van der Waals surface area contributed by atoms with E-state index in [0.717, 1.165) is 4.70 Å². The van der Waals surface area contributed by atoms with E-state index in [-0.39, 0.29) is 18.3 Å². The van der Waals surface area contributed by atoms with Crippen molar-refractivity contribution in [1.29, 1.82) is 0 Å². The average Bonchev–Trinajstić information content (AvgIpc) is 2.84. The van der Waals surface area contributed by atoms with E-state index in [2.05, 4.69) is 5.32 Å². The van der Waals surface area contributed by atoms with Crippen molar-refractivity contribution in [2.75, 3.05) is 19.8 Å². The number of ether oxygens (including phenoxy) is 1. The summed E-state index contributed by atoms with van der Waals surface area (Å²) < 4.78 is 19.9. The predicted molar refractivity (Wildman–Crippen MR) is 83.9 cm³/mol. The Labute approximate surface area is 131 Å². The molecule has 4 nitrogen and oxygen atoms in total. The Morgan fingerprint density at radius 1 is 1.45 bits per heavy atom. The molecule has 118 valence electrons. The summed E-state index contributed by atoms with van der Waals surface area (Å²) in [7, 11) is 0. The summed E-state index contributed by atoms with van der Waals surface area (Å²) in [6.45, 7) is 2.93. The van der Waals surface area contributed by atoms with Gasteiger partial charge in [-0.25, -0.2) is 4.39 Å². The van der Waals surface area contributed by atoms with Crippen molar-refractivity contribution in [1.82, 2.24) is 5.32 Å². The number of carbonyl (C=O) groups excluding carboxylic acids is 1. The Morgan fingerprint density at radius 2 is 2.18 bits per heavy atom. The van der Waals surface area contributed by atoms with Gasteiger partial charge in [-0.2, -0.15) is 0 Å². The first-order valence-electron chi connectivity index (χ1n) is 7.26. The molecule has 0 unspecified atom stereocenters. The van der Waals surface area contributed by atoms with Gasteiger partial charge >= 0.3 is 0 Å². The third-order valence-corrected chi connectivity index (χ3v) is 5.37. The van der Waals surface area contributed by atoms with Crippen LogP contribution in [0.4, 0.5) is 4.39 Å². The molecular weight excluding hydrogens is 305 g/mol. The number of hydrogen-bond donors (Lipinski definition) is 2. The summed E-state index contributed by atoms with van der Waals surface area (Å²) in [5, 5.41) is 13.6. The molecule has 6 heteroatoms. The number of carbonyl (C=O) groups is 1. The number of amides is 1.